The quantitative estimate of drug-likeness (QED) is 0.702. The van der Waals surface area contributed by atoms with Crippen LogP contribution >= 0.6 is 0 Å². The SMILES string of the molecule is CCOC(=O)COc1ccc(Cc2ccc(O)c(C(C)C)c2F)c2c1CCC2. The molecule has 0 heterocycles. The van der Waals surface area contributed by atoms with Gasteiger partial charge in [0.25, 0.3) is 0 Å². The van der Waals surface area contributed by atoms with Crippen LogP contribution in [-0.4, -0.2) is 24.3 Å². The fourth-order valence-electron chi connectivity index (χ4n) is 3.91. The van der Waals surface area contributed by atoms with Crippen LogP contribution < -0.4 is 4.74 Å². The van der Waals surface area contributed by atoms with E-state index in [0.717, 1.165) is 30.4 Å². The van der Waals surface area contributed by atoms with E-state index in [4.69, 9.17) is 9.47 Å². The monoisotopic (exact) mass is 386 g/mol. The van der Waals surface area contributed by atoms with Crippen LogP contribution in [0.2, 0.25) is 0 Å². The minimum atomic E-state index is -0.384. The highest BCUT2D eigenvalue weighted by atomic mass is 19.1. The van der Waals surface area contributed by atoms with Crippen molar-refractivity contribution in [3.8, 4) is 11.5 Å². The number of carbonyl (C=O) groups is 1. The minimum Gasteiger partial charge on any atom is -0.508 e. The van der Waals surface area contributed by atoms with Crippen LogP contribution in [0.5, 0.6) is 11.5 Å². The average molecular weight is 386 g/mol. The Hall–Kier alpha value is -2.56. The zero-order valence-electron chi connectivity index (χ0n) is 16.7. The molecule has 4 nitrogen and oxygen atoms in total. The highest BCUT2D eigenvalue weighted by Crippen LogP contribution is 2.36. The molecule has 0 spiro atoms. The molecule has 1 N–H and O–H groups in total. The highest BCUT2D eigenvalue weighted by Gasteiger charge is 2.22. The van der Waals surface area contributed by atoms with E-state index >= 15 is 0 Å². The van der Waals surface area contributed by atoms with Gasteiger partial charge in [-0.2, -0.15) is 0 Å². The second-order valence-corrected chi connectivity index (χ2v) is 7.43. The smallest absolute Gasteiger partial charge is 0.344 e. The maximum atomic E-state index is 14.9. The summed E-state index contributed by atoms with van der Waals surface area (Å²) in [5.41, 5.74) is 4.29. The first-order valence-electron chi connectivity index (χ1n) is 9.84. The van der Waals surface area contributed by atoms with E-state index in [1.54, 1.807) is 19.1 Å². The van der Waals surface area contributed by atoms with Gasteiger partial charge in [-0.3, -0.25) is 0 Å². The molecule has 0 saturated heterocycles. The summed E-state index contributed by atoms with van der Waals surface area (Å²) in [4.78, 5) is 11.6. The number of benzene rings is 2. The molecule has 1 aliphatic rings. The number of phenols is 1. The first-order chi connectivity index (χ1) is 13.4. The van der Waals surface area contributed by atoms with E-state index in [9.17, 15) is 14.3 Å². The average Bonchev–Trinajstić information content (AvgIpc) is 3.13. The molecule has 150 valence electrons. The lowest BCUT2D eigenvalue weighted by atomic mass is 9.92. The van der Waals surface area contributed by atoms with Gasteiger partial charge in [0.2, 0.25) is 0 Å². The lowest BCUT2D eigenvalue weighted by Gasteiger charge is -2.16. The summed E-state index contributed by atoms with van der Waals surface area (Å²) < 4.78 is 25.5. The molecule has 0 amide bonds. The largest absolute Gasteiger partial charge is 0.508 e. The van der Waals surface area contributed by atoms with E-state index in [-0.39, 0.29) is 30.1 Å². The van der Waals surface area contributed by atoms with E-state index < -0.39 is 0 Å². The van der Waals surface area contributed by atoms with Crippen LogP contribution in [-0.2, 0) is 28.8 Å². The van der Waals surface area contributed by atoms with Crippen molar-refractivity contribution in [1.29, 1.82) is 0 Å². The van der Waals surface area contributed by atoms with Crippen molar-refractivity contribution in [1.82, 2.24) is 0 Å². The lowest BCUT2D eigenvalue weighted by Crippen LogP contribution is -2.15. The van der Waals surface area contributed by atoms with Gasteiger partial charge in [0.15, 0.2) is 6.61 Å². The molecule has 3 rings (SSSR count). The van der Waals surface area contributed by atoms with E-state index in [1.807, 2.05) is 26.0 Å². The summed E-state index contributed by atoms with van der Waals surface area (Å²) in [6.45, 7) is 5.72. The Kier molecular flexibility index (Phi) is 6.22. The maximum absolute atomic E-state index is 14.9. The number of ether oxygens (including phenoxy) is 2. The number of aromatic hydroxyl groups is 1. The summed E-state index contributed by atoms with van der Waals surface area (Å²) >= 11 is 0. The normalized spacial score (nSPS) is 12.9. The molecule has 2 aromatic carbocycles. The Labute approximate surface area is 165 Å². The van der Waals surface area contributed by atoms with Gasteiger partial charge in [-0.1, -0.05) is 26.0 Å². The number of hydrogen-bond acceptors (Lipinski definition) is 4. The molecule has 1 aliphatic carbocycles. The Morgan fingerprint density at radius 2 is 1.86 bits per heavy atom. The van der Waals surface area contributed by atoms with Gasteiger partial charge in [-0.05, 0) is 66.5 Å². The Bertz CT molecular complexity index is 873. The maximum Gasteiger partial charge on any atom is 0.344 e. The summed E-state index contributed by atoms with van der Waals surface area (Å²) in [5, 5.41) is 9.99. The third-order valence-corrected chi connectivity index (χ3v) is 5.18. The van der Waals surface area contributed by atoms with Gasteiger partial charge < -0.3 is 14.6 Å². The van der Waals surface area contributed by atoms with Crippen molar-refractivity contribution in [2.24, 2.45) is 0 Å². The number of halogens is 1. The molecule has 28 heavy (non-hydrogen) atoms. The second kappa shape index (κ2) is 8.63. The number of carbonyl (C=O) groups excluding carboxylic acids is 1. The second-order valence-electron chi connectivity index (χ2n) is 7.43. The minimum absolute atomic E-state index is 0.00388. The van der Waals surface area contributed by atoms with Crippen molar-refractivity contribution < 1.29 is 23.8 Å². The van der Waals surface area contributed by atoms with Crippen LogP contribution in [0.1, 0.15) is 60.9 Å². The molecule has 0 atom stereocenters. The van der Waals surface area contributed by atoms with Gasteiger partial charge in [0, 0.05) is 12.0 Å². The van der Waals surface area contributed by atoms with Gasteiger partial charge in [0.05, 0.1) is 6.61 Å². The standard InChI is InChI=1S/C23H27FO4/c1-4-27-21(26)13-28-20-11-9-15(17-6-5-7-18(17)20)12-16-8-10-19(25)22(14(2)3)23(16)24/h8-11,14,25H,4-7,12-13H2,1-3H3. The van der Waals surface area contributed by atoms with Crippen molar-refractivity contribution >= 4 is 5.97 Å². The molecular formula is C23H27FO4. The van der Waals surface area contributed by atoms with Crippen LogP contribution in [0.4, 0.5) is 4.39 Å². The zero-order chi connectivity index (χ0) is 20.3. The van der Waals surface area contributed by atoms with Crippen LogP contribution in [0.15, 0.2) is 24.3 Å². The number of phenolic OH excluding ortho intramolecular Hbond substituents is 1. The first-order valence-corrected chi connectivity index (χ1v) is 9.84. The Morgan fingerprint density at radius 3 is 2.57 bits per heavy atom. The van der Waals surface area contributed by atoms with Gasteiger partial charge in [-0.15, -0.1) is 0 Å². The topological polar surface area (TPSA) is 55.8 Å². The van der Waals surface area contributed by atoms with Crippen LogP contribution in [0, 0.1) is 5.82 Å². The molecule has 0 unspecified atom stereocenters. The van der Waals surface area contributed by atoms with Gasteiger partial charge in [0.1, 0.15) is 17.3 Å². The third kappa shape index (κ3) is 4.13. The lowest BCUT2D eigenvalue weighted by molar-refractivity contribution is -0.145. The van der Waals surface area contributed by atoms with Crippen molar-refractivity contribution in [3.63, 3.8) is 0 Å². The van der Waals surface area contributed by atoms with Crippen molar-refractivity contribution in [3.05, 3.63) is 57.9 Å². The van der Waals surface area contributed by atoms with Crippen molar-refractivity contribution in [2.45, 2.75) is 52.4 Å². The number of esters is 1. The van der Waals surface area contributed by atoms with Gasteiger partial charge in [-0.25, -0.2) is 9.18 Å². The Morgan fingerprint density at radius 1 is 1.14 bits per heavy atom. The molecule has 0 bridgehead atoms. The fourth-order valence-corrected chi connectivity index (χ4v) is 3.91. The first kappa shape index (κ1) is 20.2. The van der Waals surface area contributed by atoms with E-state index in [0.29, 0.717) is 29.9 Å². The molecular weight excluding hydrogens is 359 g/mol. The summed E-state index contributed by atoms with van der Waals surface area (Å²) in [5.74, 6) is -0.0954. The van der Waals surface area contributed by atoms with Crippen LogP contribution in [0.25, 0.3) is 0 Å². The number of hydrogen-bond donors (Lipinski definition) is 1. The zero-order valence-corrected chi connectivity index (χ0v) is 16.7. The summed E-state index contributed by atoms with van der Waals surface area (Å²) in [6.07, 6.45) is 3.28. The van der Waals surface area contributed by atoms with E-state index in [2.05, 4.69) is 0 Å². The number of fused-ring (bicyclic) bond motifs is 1. The van der Waals surface area contributed by atoms with Gasteiger partial charge >= 0.3 is 5.97 Å². The van der Waals surface area contributed by atoms with Crippen LogP contribution in [0.3, 0.4) is 0 Å². The highest BCUT2D eigenvalue weighted by molar-refractivity contribution is 5.71. The molecule has 0 fully saturated rings. The molecule has 0 aliphatic heterocycles. The molecule has 0 aromatic heterocycles. The molecule has 0 radical (unpaired) electrons. The summed E-state index contributed by atoms with van der Waals surface area (Å²) in [7, 11) is 0. The fraction of sp³-hybridized carbons (Fsp3) is 0.435. The molecule has 5 heteroatoms. The Balaban J connectivity index is 1.86. The van der Waals surface area contributed by atoms with E-state index in [1.165, 1.54) is 5.56 Å². The molecule has 2 aromatic rings. The number of rotatable bonds is 7. The third-order valence-electron chi connectivity index (χ3n) is 5.18. The van der Waals surface area contributed by atoms with Crippen molar-refractivity contribution in [2.75, 3.05) is 13.2 Å². The predicted octanol–water partition coefficient (Wildman–Crippen LogP) is 4.68. The summed E-state index contributed by atoms with van der Waals surface area (Å²) in [6, 6.07) is 7.04. The molecule has 0 saturated carbocycles. The predicted molar refractivity (Wildman–Crippen MR) is 106 cm³/mol.